The molecule has 1 aliphatic rings. The molecule has 1 aliphatic heterocycles. The first-order valence-corrected chi connectivity index (χ1v) is 7.72. The van der Waals surface area contributed by atoms with E-state index in [0.717, 1.165) is 37.2 Å². The number of methoxy groups -OCH3 is 1. The number of hydrogen-bond acceptors (Lipinski definition) is 3. The summed E-state index contributed by atoms with van der Waals surface area (Å²) >= 11 is 0. The number of aryl methyl sites for hydroxylation is 1. The van der Waals surface area contributed by atoms with Crippen LogP contribution in [0, 0.1) is 6.92 Å². The van der Waals surface area contributed by atoms with Gasteiger partial charge in [0.05, 0.1) is 13.2 Å². The number of ether oxygens (including phenoxy) is 1. The molecule has 1 saturated heterocycles. The molecule has 2 atom stereocenters. The summed E-state index contributed by atoms with van der Waals surface area (Å²) in [4.78, 5) is 14.3. The number of carbonyl (C=O) groups is 1. The molecule has 0 bridgehead atoms. The molecular weight excluding hydrogens is 264 g/mol. The monoisotopic (exact) mass is 290 g/mol. The van der Waals surface area contributed by atoms with Gasteiger partial charge in [0.1, 0.15) is 5.75 Å². The van der Waals surface area contributed by atoms with Crippen LogP contribution in [0.25, 0.3) is 0 Å². The third kappa shape index (κ3) is 3.76. The van der Waals surface area contributed by atoms with E-state index in [0.29, 0.717) is 0 Å². The molecule has 0 radical (unpaired) electrons. The molecule has 21 heavy (non-hydrogen) atoms. The minimum absolute atomic E-state index is 0.0707. The first kappa shape index (κ1) is 15.8. The summed E-state index contributed by atoms with van der Waals surface area (Å²) in [6.45, 7) is 7.87. The predicted octanol–water partition coefficient (Wildman–Crippen LogP) is 2.67. The number of hydrogen-bond donors (Lipinski definition) is 1. The zero-order chi connectivity index (χ0) is 15.4. The van der Waals surface area contributed by atoms with Crippen molar-refractivity contribution in [1.29, 1.82) is 0 Å². The molecule has 2 rings (SSSR count). The van der Waals surface area contributed by atoms with Crippen LogP contribution in [-0.2, 0) is 4.79 Å². The Labute approximate surface area is 127 Å². The van der Waals surface area contributed by atoms with E-state index in [1.165, 1.54) is 5.56 Å². The summed E-state index contributed by atoms with van der Waals surface area (Å²) in [7, 11) is 1.68. The number of likely N-dealkylation sites (tertiary alicyclic amines) is 1. The lowest BCUT2D eigenvalue weighted by molar-refractivity contribution is -0.132. The van der Waals surface area contributed by atoms with Crippen LogP contribution >= 0.6 is 0 Å². The second-order valence-electron chi connectivity index (χ2n) is 5.89. The topological polar surface area (TPSA) is 41.6 Å². The van der Waals surface area contributed by atoms with Crippen molar-refractivity contribution in [2.45, 2.75) is 45.7 Å². The van der Waals surface area contributed by atoms with Crippen LogP contribution in [0.5, 0.6) is 5.75 Å². The fourth-order valence-corrected chi connectivity index (χ4v) is 2.94. The van der Waals surface area contributed by atoms with Gasteiger partial charge in [-0.3, -0.25) is 10.1 Å². The van der Waals surface area contributed by atoms with Crippen LogP contribution in [0.15, 0.2) is 18.2 Å². The first-order chi connectivity index (χ1) is 10.0. The number of amides is 1. The Morgan fingerprint density at radius 3 is 2.57 bits per heavy atom. The first-order valence-electron chi connectivity index (χ1n) is 7.72. The van der Waals surface area contributed by atoms with Crippen molar-refractivity contribution in [1.82, 2.24) is 10.2 Å². The summed E-state index contributed by atoms with van der Waals surface area (Å²) < 4.78 is 5.43. The second-order valence-corrected chi connectivity index (χ2v) is 5.89. The number of nitrogens with zero attached hydrogens (tertiary/aromatic N) is 1. The van der Waals surface area contributed by atoms with E-state index in [1.807, 2.05) is 24.0 Å². The number of nitrogens with one attached hydrogen (secondary N) is 1. The maximum Gasteiger partial charge on any atom is 0.239 e. The molecule has 0 spiro atoms. The van der Waals surface area contributed by atoms with Gasteiger partial charge in [-0.1, -0.05) is 17.7 Å². The van der Waals surface area contributed by atoms with Crippen LogP contribution in [0.3, 0.4) is 0 Å². The molecule has 4 heteroatoms. The van der Waals surface area contributed by atoms with Gasteiger partial charge in [0, 0.05) is 24.7 Å². The van der Waals surface area contributed by atoms with Crippen molar-refractivity contribution in [3.63, 3.8) is 0 Å². The molecule has 4 nitrogen and oxygen atoms in total. The smallest absolute Gasteiger partial charge is 0.239 e. The summed E-state index contributed by atoms with van der Waals surface area (Å²) in [5.41, 5.74) is 2.29. The molecular formula is C17H26N2O2. The van der Waals surface area contributed by atoms with E-state index in [1.54, 1.807) is 7.11 Å². The lowest BCUT2D eigenvalue weighted by Crippen LogP contribution is -2.44. The van der Waals surface area contributed by atoms with Crippen molar-refractivity contribution in [2.24, 2.45) is 0 Å². The van der Waals surface area contributed by atoms with E-state index < -0.39 is 0 Å². The standard InChI is InChI=1S/C17H26N2O2/c1-12-7-8-16(21-4)15(11-12)13(2)18-14(3)17(20)19-9-5-6-10-19/h7-8,11,13-14,18H,5-6,9-10H2,1-4H3. The average Bonchev–Trinajstić information content (AvgIpc) is 3.00. The third-order valence-electron chi connectivity index (χ3n) is 4.14. The zero-order valence-electron chi connectivity index (χ0n) is 13.5. The van der Waals surface area contributed by atoms with Crippen LogP contribution in [0.4, 0.5) is 0 Å². The van der Waals surface area contributed by atoms with E-state index >= 15 is 0 Å². The molecule has 0 aromatic heterocycles. The van der Waals surface area contributed by atoms with Crippen molar-refractivity contribution in [3.05, 3.63) is 29.3 Å². The molecule has 1 heterocycles. The molecule has 0 saturated carbocycles. The van der Waals surface area contributed by atoms with Gasteiger partial charge in [-0.05, 0) is 39.7 Å². The highest BCUT2D eigenvalue weighted by molar-refractivity contribution is 5.81. The van der Waals surface area contributed by atoms with E-state index in [-0.39, 0.29) is 18.0 Å². The van der Waals surface area contributed by atoms with Gasteiger partial charge in [0.2, 0.25) is 5.91 Å². The Bertz CT molecular complexity index is 496. The molecule has 1 fully saturated rings. The van der Waals surface area contributed by atoms with Crippen LogP contribution in [0.2, 0.25) is 0 Å². The fraction of sp³-hybridized carbons (Fsp3) is 0.588. The second kappa shape index (κ2) is 6.94. The SMILES string of the molecule is COc1ccc(C)cc1C(C)NC(C)C(=O)N1CCCC1. The molecule has 1 amide bonds. The Morgan fingerprint density at radius 1 is 1.29 bits per heavy atom. The van der Waals surface area contributed by atoms with Crippen LogP contribution < -0.4 is 10.1 Å². The van der Waals surface area contributed by atoms with E-state index in [9.17, 15) is 4.79 Å². The van der Waals surface area contributed by atoms with Crippen molar-refractivity contribution in [2.75, 3.05) is 20.2 Å². The van der Waals surface area contributed by atoms with Crippen molar-refractivity contribution < 1.29 is 9.53 Å². The zero-order valence-corrected chi connectivity index (χ0v) is 13.5. The lowest BCUT2D eigenvalue weighted by atomic mass is 10.0. The van der Waals surface area contributed by atoms with E-state index in [2.05, 4.69) is 25.2 Å². The Morgan fingerprint density at radius 2 is 1.95 bits per heavy atom. The third-order valence-corrected chi connectivity index (χ3v) is 4.14. The summed E-state index contributed by atoms with van der Waals surface area (Å²) in [5.74, 6) is 1.06. The fourth-order valence-electron chi connectivity index (χ4n) is 2.94. The summed E-state index contributed by atoms with van der Waals surface area (Å²) in [6.07, 6.45) is 2.25. The largest absolute Gasteiger partial charge is 0.496 e. The summed E-state index contributed by atoms with van der Waals surface area (Å²) in [5, 5.41) is 3.40. The van der Waals surface area contributed by atoms with Crippen LogP contribution in [0.1, 0.15) is 43.9 Å². The normalized spacial score (nSPS) is 17.6. The molecule has 0 aliphatic carbocycles. The van der Waals surface area contributed by atoms with E-state index in [4.69, 9.17) is 4.74 Å². The molecule has 1 N–H and O–H groups in total. The van der Waals surface area contributed by atoms with Gasteiger partial charge >= 0.3 is 0 Å². The maximum absolute atomic E-state index is 12.4. The highest BCUT2D eigenvalue weighted by Crippen LogP contribution is 2.26. The molecule has 1 aromatic carbocycles. The van der Waals surface area contributed by atoms with Gasteiger partial charge < -0.3 is 9.64 Å². The Hall–Kier alpha value is -1.55. The van der Waals surface area contributed by atoms with Crippen molar-refractivity contribution in [3.8, 4) is 5.75 Å². The molecule has 2 unspecified atom stereocenters. The summed E-state index contributed by atoms with van der Waals surface area (Å²) in [6, 6.07) is 6.03. The number of benzene rings is 1. The predicted molar refractivity (Wildman–Crippen MR) is 84.6 cm³/mol. The minimum atomic E-state index is -0.177. The van der Waals surface area contributed by atoms with Gasteiger partial charge in [0.15, 0.2) is 0 Å². The Balaban J connectivity index is 2.04. The highest BCUT2D eigenvalue weighted by Gasteiger charge is 2.25. The van der Waals surface area contributed by atoms with Gasteiger partial charge in [0.25, 0.3) is 0 Å². The molecule has 1 aromatic rings. The minimum Gasteiger partial charge on any atom is -0.496 e. The lowest BCUT2D eigenvalue weighted by Gasteiger charge is -2.25. The van der Waals surface area contributed by atoms with Gasteiger partial charge in [-0.2, -0.15) is 0 Å². The van der Waals surface area contributed by atoms with Gasteiger partial charge in [-0.25, -0.2) is 0 Å². The van der Waals surface area contributed by atoms with Crippen molar-refractivity contribution >= 4 is 5.91 Å². The molecule has 116 valence electrons. The number of rotatable bonds is 5. The quantitative estimate of drug-likeness (QED) is 0.906. The maximum atomic E-state index is 12.4. The average molecular weight is 290 g/mol. The van der Waals surface area contributed by atoms with Crippen LogP contribution in [-0.4, -0.2) is 37.0 Å². The highest BCUT2D eigenvalue weighted by atomic mass is 16.5. The Kier molecular flexibility index (Phi) is 5.23. The van der Waals surface area contributed by atoms with Gasteiger partial charge in [-0.15, -0.1) is 0 Å². The number of carbonyl (C=O) groups excluding carboxylic acids is 1.